The maximum atomic E-state index is 14.0. The molecule has 0 spiro atoms. The summed E-state index contributed by atoms with van der Waals surface area (Å²) >= 11 is 0. The van der Waals surface area contributed by atoms with Gasteiger partial charge in [-0.1, -0.05) is 12.1 Å². The van der Waals surface area contributed by atoms with Crippen molar-refractivity contribution < 1.29 is 28.4 Å². The van der Waals surface area contributed by atoms with Crippen molar-refractivity contribution in [3.63, 3.8) is 0 Å². The first-order chi connectivity index (χ1) is 12.0. The van der Waals surface area contributed by atoms with Gasteiger partial charge in [-0.05, 0) is 19.1 Å². The van der Waals surface area contributed by atoms with E-state index in [2.05, 4.69) is 0 Å². The largest absolute Gasteiger partial charge is 0.450 e. The van der Waals surface area contributed by atoms with Crippen molar-refractivity contribution in [1.82, 2.24) is 4.90 Å². The van der Waals surface area contributed by atoms with Crippen LogP contribution in [0.15, 0.2) is 24.3 Å². The lowest BCUT2D eigenvalue weighted by atomic mass is 10.2. The molecule has 2 saturated heterocycles. The number of benzene rings is 1. The monoisotopic (exact) mass is 350 g/mol. The molecule has 0 saturated carbocycles. The van der Waals surface area contributed by atoms with Crippen molar-refractivity contribution in [3.05, 3.63) is 30.1 Å². The number of amides is 3. The van der Waals surface area contributed by atoms with Crippen LogP contribution in [0.25, 0.3) is 0 Å². The lowest BCUT2D eigenvalue weighted by molar-refractivity contribution is -0.918. The van der Waals surface area contributed by atoms with Crippen molar-refractivity contribution in [2.45, 2.75) is 19.4 Å². The first-order valence-corrected chi connectivity index (χ1v) is 8.40. The number of para-hydroxylation sites is 1. The smallest absolute Gasteiger partial charge is 0.410 e. The van der Waals surface area contributed by atoms with Gasteiger partial charge >= 0.3 is 6.09 Å². The van der Waals surface area contributed by atoms with Crippen molar-refractivity contribution in [1.29, 1.82) is 0 Å². The minimum absolute atomic E-state index is 0.00422. The van der Waals surface area contributed by atoms with E-state index >= 15 is 0 Å². The van der Waals surface area contributed by atoms with Crippen LogP contribution in [0.3, 0.4) is 0 Å². The summed E-state index contributed by atoms with van der Waals surface area (Å²) in [4.78, 5) is 40.2. The Hall–Kier alpha value is -2.48. The first-order valence-electron chi connectivity index (χ1n) is 8.40. The third kappa shape index (κ3) is 3.34. The maximum Gasteiger partial charge on any atom is 0.410 e. The van der Waals surface area contributed by atoms with Crippen LogP contribution in [0.1, 0.15) is 13.3 Å². The number of quaternary nitrogens is 1. The summed E-state index contributed by atoms with van der Waals surface area (Å²) in [5.74, 6) is -1.36. The summed E-state index contributed by atoms with van der Waals surface area (Å²) in [7, 11) is 0. The van der Waals surface area contributed by atoms with Crippen LogP contribution in [0, 0.1) is 5.82 Å². The molecule has 1 aromatic rings. The molecule has 25 heavy (non-hydrogen) atoms. The highest BCUT2D eigenvalue weighted by molar-refractivity contribution is 6.21. The highest BCUT2D eigenvalue weighted by Crippen LogP contribution is 2.24. The first kappa shape index (κ1) is 17.3. The highest BCUT2D eigenvalue weighted by atomic mass is 19.1. The summed E-state index contributed by atoms with van der Waals surface area (Å²) < 4.78 is 18.9. The lowest BCUT2D eigenvalue weighted by Gasteiger charge is -2.33. The lowest BCUT2D eigenvalue weighted by Crippen LogP contribution is -3.19. The predicted molar refractivity (Wildman–Crippen MR) is 86.6 cm³/mol. The van der Waals surface area contributed by atoms with Crippen LogP contribution in [-0.4, -0.2) is 61.6 Å². The van der Waals surface area contributed by atoms with E-state index < -0.39 is 11.9 Å². The van der Waals surface area contributed by atoms with Gasteiger partial charge in [0, 0.05) is 0 Å². The number of rotatable bonds is 3. The molecule has 3 amide bonds. The number of nitrogens with one attached hydrogen (secondary N) is 1. The van der Waals surface area contributed by atoms with Crippen molar-refractivity contribution in [2.75, 3.05) is 37.7 Å². The van der Waals surface area contributed by atoms with Gasteiger partial charge in [-0.15, -0.1) is 0 Å². The SMILES string of the molecule is CCOC(=O)N1CC[NH+]([C@H]2CC(=O)N(c3ccccc3F)C2=O)CC1. The second-order valence-electron chi connectivity index (χ2n) is 6.12. The minimum Gasteiger partial charge on any atom is -0.450 e. The zero-order chi connectivity index (χ0) is 18.0. The number of nitrogens with zero attached hydrogens (tertiary/aromatic N) is 2. The Bertz CT molecular complexity index is 688. The molecule has 134 valence electrons. The normalized spacial score (nSPS) is 21.8. The molecule has 2 aliphatic heterocycles. The number of halogens is 1. The van der Waals surface area contributed by atoms with Gasteiger partial charge in [0.05, 0.1) is 44.9 Å². The van der Waals surface area contributed by atoms with Gasteiger partial charge in [0.2, 0.25) is 5.91 Å². The fourth-order valence-electron chi connectivity index (χ4n) is 3.38. The summed E-state index contributed by atoms with van der Waals surface area (Å²) in [5, 5.41) is 0. The maximum absolute atomic E-state index is 14.0. The molecule has 0 unspecified atom stereocenters. The second kappa shape index (κ2) is 7.18. The Kier molecular flexibility index (Phi) is 4.98. The molecule has 1 atom stereocenters. The van der Waals surface area contributed by atoms with Gasteiger partial charge in [0.1, 0.15) is 5.82 Å². The standard InChI is InChI=1S/C17H20FN3O4/c1-2-25-17(24)20-9-7-19(8-10-20)14-11-15(22)21(16(14)23)13-6-4-3-5-12(13)18/h3-6,14H,2,7-11H2,1H3/p+1/t14-/m0/s1. The number of imide groups is 1. The molecule has 2 aliphatic rings. The molecule has 7 nitrogen and oxygen atoms in total. The Balaban J connectivity index is 1.67. The molecule has 2 heterocycles. The number of hydrogen-bond acceptors (Lipinski definition) is 4. The molecule has 1 aromatic carbocycles. The van der Waals surface area contributed by atoms with E-state index in [4.69, 9.17) is 4.74 Å². The molecule has 3 rings (SSSR count). The molecule has 8 heteroatoms. The molecule has 0 aromatic heterocycles. The number of anilines is 1. The van der Waals surface area contributed by atoms with Crippen LogP contribution in [0.2, 0.25) is 0 Å². The highest BCUT2D eigenvalue weighted by Gasteiger charge is 2.47. The summed E-state index contributed by atoms with van der Waals surface area (Å²) in [6.45, 7) is 4.09. The van der Waals surface area contributed by atoms with E-state index in [0.717, 1.165) is 9.80 Å². The van der Waals surface area contributed by atoms with Gasteiger partial charge in [-0.3, -0.25) is 14.5 Å². The van der Waals surface area contributed by atoms with Gasteiger partial charge in [-0.2, -0.15) is 0 Å². The Morgan fingerprint density at radius 1 is 1.28 bits per heavy atom. The minimum atomic E-state index is -0.591. The van der Waals surface area contributed by atoms with E-state index in [-0.39, 0.29) is 30.0 Å². The van der Waals surface area contributed by atoms with Crippen molar-refractivity contribution >= 4 is 23.6 Å². The van der Waals surface area contributed by atoms with Crippen molar-refractivity contribution in [2.24, 2.45) is 0 Å². The Morgan fingerprint density at radius 3 is 2.60 bits per heavy atom. The van der Waals surface area contributed by atoms with Crippen LogP contribution >= 0.6 is 0 Å². The van der Waals surface area contributed by atoms with E-state index in [0.29, 0.717) is 32.8 Å². The van der Waals surface area contributed by atoms with Crippen LogP contribution in [0.5, 0.6) is 0 Å². The third-order valence-electron chi connectivity index (χ3n) is 4.66. The average molecular weight is 350 g/mol. The summed E-state index contributed by atoms with van der Waals surface area (Å²) in [6.07, 6.45) is -0.301. The molecule has 0 bridgehead atoms. The Morgan fingerprint density at radius 2 is 1.96 bits per heavy atom. The fourth-order valence-corrected chi connectivity index (χ4v) is 3.38. The van der Waals surface area contributed by atoms with Gasteiger partial charge in [0.25, 0.3) is 5.91 Å². The summed E-state index contributed by atoms with van der Waals surface area (Å²) in [5.41, 5.74) is 0.00422. The number of carbonyl (C=O) groups excluding carboxylic acids is 3. The van der Waals surface area contributed by atoms with Gasteiger partial charge in [-0.25, -0.2) is 14.1 Å². The van der Waals surface area contributed by atoms with Crippen LogP contribution in [-0.2, 0) is 14.3 Å². The van der Waals surface area contributed by atoms with E-state index in [9.17, 15) is 18.8 Å². The second-order valence-corrected chi connectivity index (χ2v) is 6.12. The van der Waals surface area contributed by atoms with E-state index in [1.807, 2.05) is 0 Å². The van der Waals surface area contributed by atoms with Crippen LogP contribution < -0.4 is 9.80 Å². The molecular weight excluding hydrogens is 329 g/mol. The van der Waals surface area contributed by atoms with Crippen molar-refractivity contribution in [3.8, 4) is 0 Å². The van der Waals surface area contributed by atoms with Crippen LogP contribution in [0.4, 0.5) is 14.9 Å². The van der Waals surface area contributed by atoms with E-state index in [1.54, 1.807) is 17.9 Å². The zero-order valence-corrected chi connectivity index (χ0v) is 14.0. The molecule has 0 aliphatic carbocycles. The molecule has 0 radical (unpaired) electrons. The molecular formula is C17H21FN3O4+. The number of piperazine rings is 1. The molecule has 1 N–H and O–H groups in total. The summed E-state index contributed by atoms with van der Waals surface area (Å²) in [6, 6.07) is 5.24. The number of ether oxygens (including phenoxy) is 1. The van der Waals surface area contributed by atoms with E-state index in [1.165, 1.54) is 18.2 Å². The third-order valence-corrected chi connectivity index (χ3v) is 4.66. The molecule has 2 fully saturated rings. The Labute approximate surface area is 144 Å². The average Bonchev–Trinajstić information content (AvgIpc) is 2.90. The number of carbonyl (C=O) groups is 3. The number of hydrogen-bond donors (Lipinski definition) is 1. The topological polar surface area (TPSA) is 71.4 Å². The quantitative estimate of drug-likeness (QED) is 0.768. The van der Waals surface area contributed by atoms with Gasteiger partial charge in [0.15, 0.2) is 6.04 Å². The predicted octanol–water partition coefficient (Wildman–Crippen LogP) is -0.185. The van der Waals surface area contributed by atoms with Gasteiger partial charge < -0.3 is 9.64 Å². The fraction of sp³-hybridized carbons (Fsp3) is 0.471. The zero-order valence-electron chi connectivity index (χ0n) is 14.0.